The fourth-order valence-corrected chi connectivity index (χ4v) is 4.87. The average molecular weight is 605 g/mol. The molecule has 1 aromatic carbocycles. The minimum absolute atomic E-state index is 0.0174. The Labute approximate surface area is 245 Å². The normalized spacial score (nSPS) is 21.4. The highest BCUT2D eigenvalue weighted by Crippen LogP contribution is 2.44. The zero-order chi connectivity index (χ0) is 32.2. The van der Waals surface area contributed by atoms with Gasteiger partial charge in [-0.25, -0.2) is 0 Å². The zero-order valence-electron chi connectivity index (χ0n) is 24.7. The summed E-state index contributed by atoms with van der Waals surface area (Å²) in [6.45, 7) is 7.82. The first-order valence-corrected chi connectivity index (χ1v) is 13.2. The molecule has 0 saturated carbocycles. The van der Waals surface area contributed by atoms with Crippen molar-refractivity contribution in [3.05, 3.63) is 39.2 Å². The summed E-state index contributed by atoms with van der Waals surface area (Å²) in [4.78, 5) is 85.8. The SMILES string of the molecule is CC(=O)Cc1cc(=O)c2c(C)cc(OC(C)=O)c(C3OC(COC(C)=O)C(OC(C)=O)C(OC(C)=O)C3OC(C)=O)c2o1. The van der Waals surface area contributed by atoms with E-state index in [0.29, 0.717) is 5.56 Å². The number of aryl methyl sites for hydroxylation is 1. The lowest BCUT2D eigenvalue weighted by Crippen LogP contribution is -2.59. The van der Waals surface area contributed by atoms with Gasteiger partial charge in [0.1, 0.15) is 41.7 Å². The van der Waals surface area contributed by atoms with E-state index in [2.05, 4.69) is 0 Å². The van der Waals surface area contributed by atoms with Crippen molar-refractivity contribution in [1.82, 2.24) is 0 Å². The molecule has 2 aromatic rings. The number of hydrogen-bond donors (Lipinski definition) is 0. The smallest absolute Gasteiger partial charge is 0.308 e. The number of benzene rings is 1. The fraction of sp³-hybridized carbons (Fsp3) is 0.483. The maximum absolute atomic E-state index is 13.3. The number of carbonyl (C=O) groups excluding carboxylic acids is 6. The van der Waals surface area contributed by atoms with Crippen LogP contribution in [0.2, 0.25) is 0 Å². The van der Waals surface area contributed by atoms with Crippen molar-refractivity contribution in [2.45, 2.75) is 85.4 Å². The summed E-state index contributed by atoms with van der Waals surface area (Å²) in [5.74, 6) is -4.51. The lowest BCUT2D eigenvalue weighted by atomic mass is 9.88. The summed E-state index contributed by atoms with van der Waals surface area (Å²) in [6, 6.07) is 2.52. The predicted molar refractivity (Wildman–Crippen MR) is 144 cm³/mol. The first-order chi connectivity index (χ1) is 20.1. The van der Waals surface area contributed by atoms with Crippen molar-refractivity contribution in [3.63, 3.8) is 0 Å². The Balaban J connectivity index is 2.43. The van der Waals surface area contributed by atoms with E-state index >= 15 is 0 Å². The number of fused-ring (bicyclic) bond motifs is 1. The Hall–Kier alpha value is -4.59. The van der Waals surface area contributed by atoms with Crippen LogP contribution in [-0.2, 0) is 58.9 Å². The largest absolute Gasteiger partial charge is 0.463 e. The second kappa shape index (κ2) is 13.6. The Bertz CT molecular complexity index is 1520. The van der Waals surface area contributed by atoms with Gasteiger partial charge in [0.05, 0.1) is 17.4 Å². The first kappa shape index (κ1) is 32.9. The average Bonchev–Trinajstić information content (AvgIpc) is 2.84. The van der Waals surface area contributed by atoms with E-state index in [4.69, 9.17) is 32.8 Å². The van der Waals surface area contributed by atoms with E-state index in [1.807, 2.05) is 0 Å². The Morgan fingerprint density at radius 2 is 1.35 bits per heavy atom. The number of ether oxygens (including phenoxy) is 6. The van der Waals surface area contributed by atoms with Crippen molar-refractivity contribution in [3.8, 4) is 5.75 Å². The quantitative estimate of drug-likeness (QED) is 0.229. The second-order valence-corrected chi connectivity index (χ2v) is 9.98. The molecule has 0 N–H and O–H groups in total. The van der Waals surface area contributed by atoms with Gasteiger partial charge in [-0.3, -0.25) is 33.6 Å². The molecule has 1 fully saturated rings. The third-order valence-electron chi connectivity index (χ3n) is 6.20. The standard InChI is InChI=1S/C29H32O14/c1-12-8-21(38-15(4)32)24(26-23(12)20(36)10-19(42-26)9-13(2)30)27-29(41-18(7)35)28(40-17(6)34)25(39-16(5)33)22(43-27)11-37-14(3)31/h8,10,22,25,27-29H,9,11H2,1-7H3. The monoisotopic (exact) mass is 604 g/mol. The molecule has 5 atom stereocenters. The summed E-state index contributed by atoms with van der Waals surface area (Å²) in [5, 5.41) is 0.0334. The van der Waals surface area contributed by atoms with Crippen molar-refractivity contribution in [2.24, 2.45) is 0 Å². The van der Waals surface area contributed by atoms with Crippen molar-refractivity contribution < 1.29 is 61.6 Å². The van der Waals surface area contributed by atoms with Gasteiger partial charge in [-0.2, -0.15) is 0 Å². The van der Waals surface area contributed by atoms with Gasteiger partial charge >= 0.3 is 29.8 Å². The van der Waals surface area contributed by atoms with E-state index in [1.54, 1.807) is 6.92 Å². The van der Waals surface area contributed by atoms with Crippen LogP contribution < -0.4 is 10.2 Å². The van der Waals surface area contributed by atoms with Crippen LogP contribution in [0.25, 0.3) is 11.0 Å². The molecule has 14 heteroatoms. The van der Waals surface area contributed by atoms with Crippen LogP contribution in [0.1, 0.15) is 64.5 Å². The van der Waals surface area contributed by atoms with E-state index in [0.717, 1.165) is 40.7 Å². The van der Waals surface area contributed by atoms with Crippen molar-refractivity contribution in [1.29, 1.82) is 0 Å². The maximum Gasteiger partial charge on any atom is 0.308 e. The van der Waals surface area contributed by atoms with E-state index in [-0.39, 0.29) is 40.2 Å². The van der Waals surface area contributed by atoms with Crippen LogP contribution in [0.5, 0.6) is 5.75 Å². The highest BCUT2D eigenvalue weighted by Gasteiger charge is 2.54. The molecule has 1 aliphatic heterocycles. The lowest BCUT2D eigenvalue weighted by Gasteiger charge is -2.44. The molecule has 14 nitrogen and oxygen atoms in total. The Morgan fingerprint density at radius 1 is 0.767 bits per heavy atom. The van der Waals surface area contributed by atoms with Crippen LogP contribution in [-0.4, -0.2) is 66.7 Å². The minimum atomic E-state index is -1.58. The summed E-state index contributed by atoms with van der Waals surface area (Å²) >= 11 is 0. The molecule has 1 aromatic heterocycles. The summed E-state index contributed by atoms with van der Waals surface area (Å²) in [6.07, 6.45) is -7.69. The van der Waals surface area contributed by atoms with Crippen LogP contribution in [0.15, 0.2) is 21.3 Å². The fourth-order valence-electron chi connectivity index (χ4n) is 4.87. The van der Waals surface area contributed by atoms with E-state index in [1.165, 1.54) is 13.0 Å². The third-order valence-corrected chi connectivity index (χ3v) is 6.20. The van der Waals surface area contributed by atoms with Crippen LogP contribution in [0, 0.1) is 6.92 Å². The topological polar surface area (TPSA) is 188 Å². The first-order valence-electron chi connectivity index (χ1n) is 13.2. The maximum atomic E-state index is 13.3. The number of esters is 5. The second-order valence-electron chi connectivity index (χ2n) is 9.98. The van der Waals surface area contributed by atoms with Crippen molar-refractivity contribution in [2.75, 3.05) is 6.61 Å². The van der Waals surface area contributed by atoms with Gasteiger partial charge < -0.3 is 32.8 Å². The number of hydrogen-bond acceptors (Lipinski definition) is 14. The number of Topliss-reactive ketones (excluding diaryl/α,β-unsaturated/α-hetero) is 1. The Morgan fingerprint density at radius 3 is 1.88 bits per heavy atom. The van der Waals surface area contributed by atoms with Crippen molar-refractivity contribution >= 4 is 46.6 Å². The van der Waals surface area contributed by atoms with Crippen LogP contribution in [0.3, 0.4) is 0 Å². The molecule has 1 saturated heterocycles. The molecule has 2 heterocycles. The highest BCUT2D eigenvalue weighted by atomic mass is 16.7. The summed E-state index contributed by atoms with van der Waals surface area (Å²) in [5.41, 5.74) is -0.475. The molecule has 3 rings (SSSR count). The minimum Gasteiger partial charge on any atom is -0.463 e. The summed E-state index contributed by atoms with van der Waals surface area (Å²) in [7, 11) is 0. The molecule has 0 radical (unpaired) electrons. The zero-order valence-corrected chi connectivity index (χ0v) is 24.7. The predicted octanol–water partition coefficient (Wildman–Crippen LogP) is 1.96. The number of rotatable bonds is 9. The third kappa shape index (κ3) is 8.03. The summed E-state index contributed by atoms with van der Waals surface area (Å²) < 4.78 is 39.4. The van der Waals surface area contributed by atoms with Gasteiger partial charge in [-0.05, 0) is 25.5 Å². The molecule has 0 spiro atoms. The van der Waals surface area contributed by atoms with Crippen LogP contribution >= 0.6 is 0 Å². The molecule has 0 aliphatic carbocycles. The number of carbonyl (C=O) groups is 6. The van der Waals surface area contributed by atoms with Gasteiger partial charge in [0.25, 0.3) is 0 Å². The van der Waals surface area contributed by atoms with Gasteiger partial charge in [0, 0.05) is 40.7 Å². The van der Waals surface area contributed by atoms with Gasteiger partial charge in [-0.1, -0.05) is 0 Å². The molecular weight excluding hydrogens is 572 g/mol. The molecule has 1 aliphatic rings. The molecule has 0 amide bonds. The van der Waals surface area contributed by atoms with Gasteiger partial charge in [-0.15, -0.1) is 0 Å². The molecule has 5 unspecified atom stereocenters. The van der Waals surface area contributed by atoms with E-state index < -0.39 is 72.4 Å². The number of ketones is 1. The molecule has 232 valence electrons. The lowest BCUT2D eigenvalue weighted by molar-refractivity contribution is -0.254. The Kier molecular flexibility index (Phi) is 10.4. The van der Waals surface area contributed by atoms with Gasteiger partial charge in [0.15, 0.2) is 23.7 Å². The van der Waals surface area contributed by atoms with Crippen LogP contribution in [0.4, 0.5) is 0 Å². The molecular formula is C29H32O14. The molecule has 43 heavy (non-hydrogen) atoms. The highest BCUT2D eigenvalue weighted by molar-refractivity contribution is 5.88. The van der Waals surface area contributed by atoms with E-state index in [9.17, 15) is 33.6 Å². The van der Waals surface area contributed by atoms with Gasteiger partial charge in [0.2, 0.25) is 0 Å². The molecule has 0 bridgehead atoms.